The van der Waals surface area contributed by atoms with Crippen molar-refractivity contribution in [2.24, 2.45) is 0 Å². The van der Waals surface area contributed by atoms with Gasteiger partial charge in [0, 0.05) is 12.5 Å². The van der Waals surface area contributed by atoms with E-state index in [0.717, 1.165) is 30.9 Å². The summed E-state index contributed by atoms with van der Waals surface area (Å²) < 4.78 is 5.64. The number of anilines is 1. The lowest BCUT2D eigenvalue weighted by molar-refractivity contribution is 0.385. The molecule has 0 saturated carbocycles. The van der Waals surface area contributed by atoms with Crippen LogP contribution in [0.5, 0.6) is 0 Å². The Morgan fingerprint density at radius 3 is 3.25 bits per heavy atom. The van der Waals surface area contributed by atoms with Crippen LogP contribution in [0.25, 0.3) is 11.2 Å². The molecule has 1 aliphatic heterocycles. The van der Waals surface area contributed by atoms with Crippen LogP contribution in [-0.4, -0.2) is 23.1 Å². The highest BCUT2D eigenvalue weighted by molar-refractivity contribution is 5.71. The van der Waals surface area contributed by atoms with E-state index in [4.69, 9.17) is 10.2 Å². The number of piperidine rings is 1. The SMILES string of the molecule is Nc1cnc2oc(C3CCCNC3)nc2c1. The second-order valence-electron chi connectivity index (χ2n) is 4.19. The first-order valence-corrected chi connectivity index (χ1v) is 5.55. The molecule has 0 aromatic carbocycles. The van der Waals surface area contributed by atoms with E-state index < -0.39 is 0 Å². The van der Waals surface area contributed by atoms with Crippen molar-refractivity contribution in [3.05, 3.63) is 18.2 Å². The largest absolute Gasteiger partial charge is 0.422 e. The third-order valence-electron chi connectivity index (χ3n) is 2.93. The normalized spacial score (nSPS) is 21.4. The molecule has 0 radical (unpaired) electrons. The van der Waals surface area contributed by atoms with Gasteiger partial charge in [0.25, 0.3) is 0 Å². The molecular weight excluding hydrogens is 204 g/mol. The lowest BCUT2D eigenvalue weighted by Crippen LogP contribution is -2.28. The molecular formula is C11H14N4O. The summed E-state index contributed by atoms with van der Waals surface area (Å²) in [4.78, 5) is 8.57. The zero-order valence-corrected chi connectivity index (χ0v) is 8.94. The van der Waals surface area contributed by atoms with Crippen molar-refractivity contribution in [2.75, 3.05) is 18.8 Å². The summed E-state index contributed by atoms with van der Waals surface area (Å²) in [5.41, 5.74) is 7.60. The highest BCUT2D eigenvalue weighted by Crippen LogP contribution is 2.25. The van der Waals surface area contributed by atoms with Gasteiger partial charge in [0.2, 0.25) is 11.6 Å². The van der Waals surface area contributed by atoms with Gasteiger partial charge in [0.1, 0.15) is 5.52 Å². The van der Waals surface area contributed by atoms with Crippen molar-refractivity contribution in [2.45, 2.75) is 18.8 Å². The average molecular weight is 218 g/mol. The standard InChI is InChI=1S/C11H14N4O/c12-8-4-9-11(14-6-8)16-10(15-9)7-2-1-3-13-5-7/h4,6-7,13H,1-3,5,12H2. The van der Waals surface area contributed by atoms with Gasteiger partial charge in [-0.1, -0.05) is 0 Å². The van der Waals surface area contributed by atoms with Gasteiger partial charge in [0.05, 0.1) is 11.9 Å². The Hall–Kier alpha value is -1.62. The average Bonchev–Trinajstić information content (AvgIpc) is 2.73. The van der Waals surface area contributed by atoms with Crippen molar-refractivity contribution in [3.8, 4) is 0 Å². The second-order valence-corrected chi connectivity index (χ2v) is 4.19. The summed E-state index contributed by atoms with van der Waals surface area (Å²) in [5.74, 6) is 1.14. The molecule has 84 valence electrons. The Balaban J connectivity index is 1.97. The van der Waals surface area contributed by atoms with Gasteiger partial charge in [0.15, 0.2) is 0 Å². The molecule has 1 fully saturated rings. The van der Waals surface area contributed by atoms with Crippen LogP contribution in [0.4, 0.5) is 5.69 Å². The first-order chi connectivity index (χ1) is 7.83. The smallest absolute Gasteiger partial charge is 0.247 e. The summed E-state index contributed by atoms with van der Waals surface area (Å²) >= 11 is 0. The van der Waals surface area contributed by atoms with E-state index in [2.05, 4.69) is 15.3 Å². The van der Waals surface area contributed by atoms with Crippen molar-refractivity contribution in [1.29, 1.82) is 0 Å². The molecule has 0 amide bonds. The fourth-order valence-corrected chi connectivity index (χ4v) is 2.09. The minimum atomic E-state index is 0.365. The van der Waals surface area contributed by atoms with E-state index in [9.17, 15) is 0 Å². The maximum absolute atomic E-state index is 5.66. The molecule has 0 spiro atoms. The molecule has 16 heavy (non-hydrogen) atoms. The molecule has 2 aromatic rings. The highest BCUT2D eigenvalue weighted by Gasteiger charge is 2.20. The third kappa shape index (κ3) is 1.63. The summed E-state index contributed by atoms with van der Waals surface area (Å²) in [6, 6.07) is 1.80. The van der Waals surface area contributed by atoms with E-state index in [0.29, 0.717) is 17.3 Å². The maximum Gasteiger partial charge on any atom is 0.247 e. The zero-order chi connectivity index (χ0) is 11.0. The van der Waals surface area contributed by atoms with Crippen LogP contribution in [0.1, 0.15) is 24.7 Å². The van der Waals surface area contributed by atoms with Gasteiger partial charge in [-0.15, -0.1) is 0 Å². The summed E-state index contributed by atoms with van der Waals surface area (Å²) in [7, 11) is 0. The van der Waals surface area contributed by atoms with Crippen LogP contribution in [0.3, 0.4) is 0 Å². The second kappa shape index (κ2) is 3.75. The molecule has 2 aromatic heterocycles. The van der Waals surface area contributed by atoms with E-state index >= 15 is 0 Å². The quantitative estimate of drug-likeness (QED) is 0.753. The van der Waals surface area contributed by atoms with Crippen molar-refractivity contribution in [3.63, 3.8) is 0 Å². The van der Waals surface area contributed by atoms with Gasteiger partial charge in [-0.25, -0.2) is 9.97 Å². The van der Waals surface area contributed by atoms with E-state index in [1.165, 1.54) is 6.42 Å². The van der Waals surface area contributed by atoms with Crippen molar-refractivity contribution >= 4 is 16.9 Å². The van der Waals surface area contributed by atoms with Crippen LogP contribution >= 0.6 is 0 Å². The van der Waals surface area contributed by atoms with Crippen molar-refractivity contribution < 1.29 is 4.42 Å². The van der Waals surface area contributed by atoms with Crippen LogP contribution < -0.4 is 11.1 Å². The minimum absolute atomic E-state index is 0.365. The number of oxazole rings is 1. The number of nitrogens with zero attached hydrogens (tertiary/aromatic N) is 2. The Morgan fingerprint density at radius 1 is 1.50 bits per heavy atom. The first kappa shape index (κ1) is 9.59. The maximum atomic E-state index is 5.66. The fraction of sp³-hybridized carbons (Fsp3) is 0.455. The molecule has 1 atom stereocenters. The third-order valence-corrected chi connectivity index (χ3v) is 2.93. The molecule has 3 N–H and O–H groups in total. The number of fused-ring (bicyclic) bond motifs is 1. The van der Waals surface area contributed by atoms with Crippen LogP contribution in [0, 0.1) is 0 Å². The molecule has 0 bridgehead atoms. The number of pyridine rings is 1. The number of rotatable bonds is 1. The molecule has 5 nitrogen and oxygen atoms in total. The van der Waals surface area contributed by atoms with Crippen LogP contribution in [0.2, 0.25) is 0 Å². The first-order valence-electron chi connectivity index (χ1n) is 5.55. The van der Waals surface area contributed by atoms with Gasteiger partial charge < -0.3 is 15.5 Å². The Labute approximate surface area is 93.1 Å². The van der Waals surface area contributed by atoms with Gasteiger partial charge >= 0.3 is 0 Å². The summed E-state index contributed by atoms with van der Waals surface area (Å²) in [5, 5.41) is 3.34. The van der Waals surface area contributed by atoms with Gasteiger partial charge in [-0.3, -0.25) is 0 Å². The summed E-state index contributed by atoms with van der Waals surface area (Å²) in [6.45, 7) is 2.02. The lowest BCUT2D eigenvalue weighted by atomic mass is 10.00. The van der Waals surface area contributed by atoms with E-state index in [1.54, 1.807) is 12.3 Å². The fourth-order valence-electron chi connectivity index (χ4n) is 2.09. The van der Waals surface area contributed by atoms with Gasteiger partial charge in [-0.05, 0) is 25.5 Å². The number of hydrogen-bond acceptors (Lipinski definition) is 5. The number of nitrogens with two attached hydrogens (primary N) is 1. The Morgan fingerprint density at radius 2 is 2.44 bits per heavy atom. The Bertz CT molecular complexity index is 502. The molecule has 1 saturated heterocycles. The number of aromatic nitrogens is 2. The van der Waals surface area contributed by atoms with Crippen LogP contribution in [-0.2, 0) is 0 Å². The van der Waals surface area contributed by atoms with Gasteiger partial charge in [-0.2, -0.15) is 0 Å². The zero-order valence-electron chi connectivity index (χ0n) is 8.94. The van der Waals surface area contributed by atoms with E-state index in [-0.39, 0.29) is 0 Å². The highest BCUT2D eigenvalue weighted by atomic mass is 16.4. The number of hydrogen-bond donors (Lipinski definition) is 2. The molecule has 0 aliphatic carbocycles. The lowest BCUT2D eigenvalue weighted by Gasteiger charge is -2.19. The monoisotopic (exact) mass is 218 g/mol. The Kier molecular flexibility index (Phi) is 2.25. The molecule has 1 unspecified atom stereocenters. The predicted octanol–water partition coefficient (Wildman–Crippen LogP) is 1.27. The molecule has 1 aliphatic rings. The molecule has 5 heteroatoms. The minimum Gasteiger partial charge on any atom is -0.422 e. The van der Waals surface area contributed by atoms with Crippen LogP contribution in [0.15, 0.2) is 16.7 Å². The summed E-state index contributed by atoms with van der Waals surface area (Å²) in [6.07, 6.45) is 3.88. The van der Waals surface area contributed by atoms with Crippen molar-refractivity contribution in [1.82, 2.24) is 15.3 Å². The molecule has 3 heterocycles. The van der Waals surface area contributed by atoms with E-state index in [1.807, 2.05) is 0 Å². The molecule has 3 rings (SSSR count). The topological polar surface area (TPSA) is 77.0 Å². The number of nitrogen functional groups attached to an aromatic ring is 1. The predicted molar refractivity (Wildman–Crippen MR) is 61.1 cm³/mol. The number of nitrogens with one attached hydrogen (secondary N) is 1.